The lowest BCUT2D eigenvalue weighted by Crippen LogP contribution is -2.42. The summed E-state index contributed by atoms with van der Waals surface area (Å²) in [6.07, 6.45) is 1.04. The van der Waals surface area contributed by atoms with Gasteiger partial charge in [0.25, 0.3) is 6.02 Å². The molecule has 1 fully saturated rings. The van der Waals surface area contributed by atoms with E-state index in [1.807, 2.05) is 4.90 Å². The van der Waals surface area contributed by atoms with E-state index in [2.05, 4.69) is 13.8 Å². The molecule has 0 aromatic heterocycles. The van der Waals surface area contributed by atoms with E-state index < -0.39 is 0 Å². The molecule has 3 heteroatoms. The highest BCUT2D eigenvalue weighted by Gasteiger charge is 2.17. The predicted octanol–water partition coefficient (Wildman–Crippen LogP) is 1.05. The quantitative estimate of drug-likeness (QED) is 0.594. The number of nitrogens with one attached hydrogen (secondary N) is 1. The van der Waals surface area contributed by atoms with E-state index >= 15 is 0 Å². The van der Waals surface area contributed by atoms with Crippen LogP contribution in [0.2, 0.25) is 0 Å². The monoisotopic (exact) mass is 142 g/mol. The van der Waals surface area contributed by atoms with Gasteiger partial charge < -0.3 is 9.64 Å². The summed E-state index contributed by atoms with van der Waals surface area (Å²) in [5.74, 6) is 0. The zero-order valence-corrected chi connectivity index (χ0v) is 6.55. The molecule has 0 atom stereocenters. The van der Waals surface area contributed by atoms with Crippen molar-refractivity contribution < 1.29 is 4.74 Å². The molecular weight excluding hydrogens is 128 g/mol. The molecule has 0 aromatic carbocycles. The summed E-state index contributed by atoms with van der Waals surface area (Å²) in [5, 5.41) is 7.38. The molecule has 1 aliphatic rings. The highest BCUT2D eigenvalue weighted by Crippen LogP contribution is 2.06. The Balaban J connectivity index is 2.48. The average Bonchev–Trinajstić information content (AvgIpc) is 1.88. The molecule has 58 valence electrons. The van der Waals surface area contributed by atoms with Crippen molar-refractivity contribution in [2.24, 2.45) is 0 Å². The summed E-state index contributed by atoms with van der Waals surface area (Å²) in [6.45, 7) is 5.82. The molecule has 0 spiro atoms. The van der Waals surface area contributed by atoms with E-state index in [1.54, 1.807) is 0 Å². The second-order valence-corrected chi connectivity index (χ2v) is 2.79. The maximum Gasteiger partial charge on any atom is 0.284 e. The average molecular weight is 142 g/mol. The van der Waals surface area contributed by atoms with Crippen molar-refractivity contribution in [1.29, 1.82) is 5.41 Å². The first-order valence-electron chi connectivity index (χ1n) is 3.70. The molecule has 0 radical (unpaired) electrons. The minimum atomic E-state index is 0.334. The van der Waals surface area contributed by atoms with Crippen LogP contribution in [0.5, 0.6) is 0 Å². The van der Waals surface area contributed by atoms with Gasteiger partial charge in [0.15, 0.2) is 0 Å². The molecule has 0 amide bonds. The highest BCUT2D eigenvalue weighted by molar-refractivity contribution is 5.71. The van der Waals surface area contributed by atoms with Gasteiger partial charge in [-0.1, -0.05) is 0 Å². The van der Waals surface area contributed by atoms with Crippen LogP contribution < -0.4 is 0 Å². The molecule has 1 N–H and O–H groups in total. The summed E-state index contributed by atoms with van der Waals surface area (Å²) in [4.78, 5) is 1.96. The number of hydrogen-bond donors (Lipinski definition) is 1. The van der Waals surface area contributed by atoms with Crippen molar-refractivity contribution >= 4 is 6.02 Å². The molecule has 10 heavy (non-hydrogen) atoms. The third-order valence-corrected chi connectivity index (χ3v) is 1.67. The van der Waals surface area contributed by atoms with Crippen LogP contribution >= 0.6 is 0 Å². The smallest absolute Gasteiger partial charge is 0.284 e. The van der Waals surface area contributed by atoms with Crippen molar-refractivity contribution in [3.8, 4) is 0 Å². The minimum Gasteiger partial charge on any atom is -0.465 e. The molecule has 0 unspecified atom stereocenters. The Morgan fingerprint density at radius 3 is 2.70 bits per heavy atom. The fourth-order valence-electron chi connectivity index (χ4n) is 1.08. The molecule has 3 nitrogen and oxygen atoms in total. The molecule has 0 saturated carbocycles. The molecule has 0 aromatic rings. The molecule has 0 bridgehead atoms. The van der Waals surface area contributed by atoms with Crippen molar-refractivity contribution in [3.63, 3.8) is 0 Å². The standard InChI is InChI=1S/C7H14N2O/c1-6(2)9-4-3-5-10-7(9)8/h6,8H,3-5H2,1-2H3. The third-order valence-electron chi connectivity index (χ3n) is 1.67. The van der Waals surface area contributed by atoms with Crippen LogP contribution in [0.25, 0.3) is 0 Å². The Bertz CT molecular complexity index is 134. The van der Waals surface area contributed by atoms with Crippen LogP contribution in [0.1, 0.15) is 20.3 Å². The maximum atomic E-state index is 7.38. The summed E-state index contributed by atoms with van der Waals surface area (Å²) in [6, 6.07) is 0.731. The van der Waals surface area contributed by atoms with Crippen molar-refractivity contribution in [1.82, 2.24) is 4.90 Å². The molecule has 1 rings (SSSR count). The number of rotatable bonds is 1. The third kappa shape index (κ3) is 1.40. The van der Waals surface area contributed by atoms with Crippen LogP contribution in [-0.2, 0) is 4.74 Å². The van der Waals surface area contributed by atoms with Crippen LogP contribution in [-0.4, -0.2) is 30.1 Å². The zero-order valence-electron chi connectivity index (χ0n) is 6.55. The Labute approximate surface area is 61.5 Å². The predicted molar refractivity (Wildman–Crippen MR) is 40.1 cm³/mol. The van der Waals surface area contributed by atoms with Gasteiger partial charge in [-0.25, -0.2) is 0 Å². The lowest BCUT2D eigenvalue weighted by molar-refractivity contribution is 0.152. The summed E-state index contributed by atoms with van der Waals surface area (Å²) >= 11 is 0. The first kappa shape index (κ1) is 7.38. The summed E-state index contributed by atoms with van der Waals surface area (Å²) < 4.78 is 5.06. The minimum absolute atomic E-state index is 0.334. The fourth-order valence-corrected chi connectivity index (χ4v) is 1.08. The van der Waals surface area contributed by atoms with Gasteiger partial charge in [0.1, 0.15) is 0 Å². The van der Waals surface area contributed by atoms with Gasteiger partial charge in [0, 0.05) is 12.6 Å². The first-order chi connectivity index (χ1) is 4.72. The van der Waals surface area contributed by atoms with Crippen LogP contribution in [0, 0.1) is 5.41 Å². The lowest BCUT2D eigenvalue weighted by Gasteiger charge is -2.31. The van der Waals surface area contributed by atoms with E-state index in [0.717, 1.165) is 13.0 Å². The second kappa shape index (κ2) is 2.90. The Morgan fingerprint density at radius 1 is 1.60 bits per heavy atom. The fraction of sp³-hybridized carbons (Fsp3) is 0.857. The Morgan fingerprint density at radius 2 is 2.30 bits per heavy atom. The van der Waals surface area contributed by atoms with Gasteiger partial charge in [0.05, 0.1) is 6.61 Å². The molecular formula is C7H14N2O. The molecule has 1 aliphatic heterocycles. The zero-order chi connectivity index (χ0) is 7.56. The van der Waals surface area contributed by atoms with Crippen molar-refractivity contribution in [3.05, 3.63) is 0 Å². The van der Waals surface area contributed by atoms with Crippen molar-refractivity contribution in [2.75, 3.05) is 13.2 Å². The summed E-state index contributed by atoms with van der Waals surface area (Å²) in [7, 11) is 0. The van der Waals surface area contributed by atoms with E-state index in [1.165, 1.54) is 0 Å². The Hall–Kier alpha value is -0.730. The largest absolute Gasteiger partial charge is 0.465 e. The van der Waals surface area contributed by atoms with Gasteiger partial charge in [-0.3, -0.25) is 5.41 Å². The van der Waals surface area contributed by atoms with Crippen LogP contribution in [0.4, 0.5) is 0 Å². The van der Waals surface area contributed by atoms with E-state index in [4.69, 9.17) is 10.1 Å². The van der Waals surface area contributed by atoms with Crippen LogP contribution in [0.15, 0.2) is 0 Å². The van der Waals surface area contributed by atoms with Crippen LogP contribution in [0.3, 0.4) is 0 Å². The summed E-state index contributed by atoms with van der Waals surface area (Å²) in [5.41, 5.74) is 0. The Kier molecular flexibility index (Phi) is 2.14. The van der Waals surface area contributed by atoms with Gasteiger partial charge >= 0.3 is 0 Å². The number of ether oxygens (including phenoxy) is 1. The lowest BCUT2D eigenvalue weighted by atomic mass is 10.3. The second-order valence-electron chi connectivity index (χ2n) is 2.79. The van der Waals surface area contributed by atoms with E-state index in [9.17, 15) is 0 Å². The van der Waals surface area contributed by atoms with Gasteiger partial charge in [-0.05, 0) is 20.3 Å². The number of hydrogen-bond acceptors (Lipinski definition) is 2. The van der Waals surface area contributed by atoms with Gasteiger partial charge in [-0.2, -0.15) is 0 Å². The first-order valence-corrected chi connectivity index (χ1v) is 3.70. The number of amidine groups is 1. The van der Waals surface area contributed by atoms with E-state index in [0.29, 0.717) is 18.7 Å². The van der Waals surface area contributed by atoms with E-state index in [-0.39, 0.29) is 0 Å². The molecule has 1 heterocycles. The highest BCUT2D eigenvalue weighted by atomic mass is 16.5. The topological polar surface area (TPSA) is 36.3 Å². The van der Waals surface area contributed by atoms with Gasteiger partial charge in [0.2, 0.25) is 0 Å². The normalized spacial score (nSPS) is 19.5. The van der Waals surface area contributed by atoms with Gasteiger partial charge in [-0.15, -0.1) is 0 Å². The SMILES string of the molecule is CC(C)N1CCCOC1=N. The molecule has 0 aliphatic carbocycles. The molecule has 1 saturated heterocycles. The van der Waals surface area contributed by atoms with Crippen molar-refractivity contribution in [2.45, 2.75) is 26.3 Å². The number of nitrogens with zero attached hydrogens (tertiary/aromatic N) is 1. The maximum absolute atomic E-state index is 7.38.